The van der Waals surface area contributed by atoms with E-state index in [2.05, 4.69) is 15.3 Å². The van der Waals surface area contributed by atoms with Crippen LogP contribution in [0.4, 0.5) is 0 Å². The van der Waals surface area contributed by atoms with Crippen LogP contribution in [-0.4, -0.2) is 57.6 Å². The largest absolute Gasteiger partial charge is 0.390 e. The van der Waals surface area contributed by atoms with Crippen molar-refractivity contribution in [1.82, 2.24) is 20.0 Å². The van der Waals surface area contributed by atoms with Gasteiger partial charge in [-0.25, -0.2) is 0 Å². The van der Waals surface area contributed by atoms with Crippen molar-refractivity contribution >= 4 is 0 Å². The molecule has 5 heteroatoms. The van der Waals surface area contributed by atoms with E-state index in [0.717, 1.165) is 12.6 Å². The number of hydrogen-bond acceptors (Lipinski definition) is 4. The van der Waals surface area contributed by atoms with Crippen molar-refractivity contribution in [3.8, 4) is 0 Å². The summed E-state index contributed by atoms with van der Waals surface area (Å²) in [7, 11) is 0. The van der Waals surface area contributed by atoms with Crippen LogP contribution in [0.25, 0.3) is 0 Å². The molecule has 3 rings (SSSR count). The van der Waals surface area contributed by atoms with Crippen LogP contribution in [0.1, 0.15) is 19.3 Å². The fourth-order valence-electron chi connectivity index (χ4n) is 2.72. The molecule has 1 saturated carbocycles. The molecular weight excluding hydrogens is 228 g/mol. The van der Waals surface area contributed by atoms with E-state index in [1.54, 1.807) is 10.9 Å². The Labute approximate surface area is 108 Å². The number of rotatable bonds is 6. The van der Waals surface area contributed by atoms with Crippen molar-refractivity contribution < 1.29 is 5.11 Å². The van der Waals surface area contributed by atoms with Crippen LogP contribution in [0.5, 0.6) is 0 Å². The summed E-state index contributed by atoms with van der Waals surface area (Å²) >= 11 is 0. The van der Waals surface area contributed by atoms with Gasteiger partial charge in [0.05, 0.1) is 12.6 Å². The summed E-state index contributed by atoms with van der Waals surface area (Å²) in [5.41, 5.74) is 0. The Balaban J connectivity index is 1.36. The van der Waals surface area contributed by atoms with E-state index in [-0.39, 0.29) is 6.10 Å². The summed E-state index contributed by atoms with van der Waals surface area (Å²) in [5, 5.41) is 17.5. The molecule has 2 fully saturated rings. The fraction of sp³-hybridized carbons (Fsp3) is 0.769. The summed E-state index contributed by atoms with van der Waals surface area (Å²) in [6.45, 7) is 3.60. The first-order chi connectivity index (χ1) is 8.81. The molecule has 100 valence electrons. The number of likely N-dealkylation sites (tertiary alicyclic amines) is 1. The van der Waals surface area contributed by atoms with Gasteiger partial charge in [-0.3, -0.25) is 9.58 Å². The summed E-state index contributed by atoms with van der Waals surface area (Å²) in [5.74, 6) is 0. The lowest BCUT2D eigenvalue weighted by atomic mass is 10.2. The van der Waals surface area contributed by atoms with Crippen LogP contribution in [-0.2, 0) is 6.54 Å². The average Bonchev–Trinajstić information content (AvgIpc) is 2.90. The van der Waals surface area contributed by atoms with Crippen LogP contribution in [0.15, 0.2) is 18.5 Å². The van der Waals surface area contributed by atoms with E-state index < -0.39 is 0 Å². The second-order valence-electron chi connectivity index (χ2n) is 5.50. The first-order valence-electron chi connectivity index (χ1n) is 6.94. The number of hydrogen-bond donors (Lipinski definition) is 2. The SMILES string of the molecule is OC(CNC1CCN(C2CC2)C1)Cn1cccn1. The predicted molar refractivity (Wildman–Crippen MR) is 69.2 cm³/mol. The Morgan fingerprint density at radius 1 is 1.39 bits per heavy atom. The van der Waals surface area contributed by atoms with Crippen LogP contribution in [0, 0.1) is 0 Å². The molecule has 0 spiro atoms. The lowest BCUT2D eigenvalue weighted by molar-refractivity contribution is 0.142. The molecule has 1 aromatic rings. The van der Waals surface area contributed by atoms with Crippen LogP contribution in [0.2, 0.25) is 0 Å². The third-order valence-electron chi connectivity index (χ3n) is 3.88. The second-order valence-corrected chi connectivity index (χ2v) is 5.50. The number of nitrogens with zero attached hydrogens (tertiary/aromatic N) is 3. The molecule has 1 aliphatic carbocycles. The quantitative estimate of drug-likeness (QED) is 0.750. The first kappa shape index (κ1) is 12.1. The minimum absolute atomic E-state index is 0.361. The fourth-order valence-corrected chi connectivity index (χ4v) is 2.72. The molecule has 18 heavy (non-hydrogen) atoms. The van der Waals surface area contributed by atoms with E-state index in [4.69, 9.17) is 0 Å². The molecule has 2 N–H and O–H groups in total. The Bertz CT molecular complexity index is 363. The highest BCUT2D eigenvalue weighted by atomic mass is 16.3. The Kier molecular flexibility index (Phi) is 3.63. The number of aliphatic hydroxyl groups is 1. The average molecular weight is 250 g/mol. The molecular formula is C13H22N4O. The molecule has 0 amide bonds. The van der Waals surface area contributed by atoms with Gasteiger partial charge in [-0.2, -0.15) is 5.10 Å². The summed E-state index contributed by atoms with van der Waals surface area (Å²) in [6.07, 6.45) is 7.24. The Morgan fingerprint density at radius 2 is 2.28 bits per heavy atom. The lowest BCUT2D eigenvalue weighted by Gasteiger charge is -2.18. The maximum Gasteiger partial charge on any atom is 0.0860 e. The highest BCUT2D eigenvalue weighted by molar-refractivity contribution is 4.92. The maximum absolute atomic E-state index is 9.93. The van der Waals surface area contributed by atoms with Gasteiger partial charge in [0, 0.05) is 44.1 Å². The molecule has 5 nitrogen and oxygen atoms in total. The normalized spacial score (nSPS) is 26.6. The Morgan fingerprint density at radius 3 is 3.00 bits per heavy atom. The molecule has 2 aliphatic rings. The van der Waals surface area contributed by atoms with E-state index >= 15 is 0 Å². The van der Waals surface area contributed by atoms with Gasteiger partial charge in [-0.1, -0.05) is 0 Å². The summed E-state index contributed by atoms with van der Waals surface area (Å²) in [4.78, 5) is 2.58. The van der Waals surface area contributed by atoms with Gasteiger partial charge in [0.2, 0.25) is 0 Å². The van der Waals surface area contributed by atoms with Crippen molar-refractivity contribution in [2.24, 2.45) is 0 Å². The topological polar surface area (TPSA) is 53.3 Å². The van der Waals surface area contributed by atoms with E-state index in [0.29, 0.717) is 19.1 Å². The summed E-state index contributed by atoms with van der Waals surface area (Å²) < 4.78 is 1.78. The third kappa shape index (κ3) is 3.10. The van der Waals surface area contributed by atoms with E-state index in [9.17, 15) is 5.11 Å². The number of aromatic nitrogens is 2. The summed E-state index contributed by atoms with van der Waals surface area (Å²) in [6, 6.07) is 3.30. The predicted octanol–water partition coefficient (Wildman–Crippen LogP) is 0.0703. The first-order valence-corrected chi connectivity index (χ1v) is 6.94. The van der Waals surface area contributed by atoms with Gasteiger partial charge in [0.15, 0.2) is 0 Å². The van der Waals surface area contributed by atoms with Crippen LogP contribution in [0.3, 0.4) is 0 Å². The van der Waals surface area contributed by atoms with Crippen molar-refractivity contribution in [3.63, 3.8) is 0 Å². The molecule has 0 aromatic carbocycles. The molecule has 0 bridgehead atoms. The maximum atomic E-state index is 9.93. The Hall–Kier alpha value is -0.910. The highest BCUT2D eigenvalue weighted by Crippen LogP contribution is 2.29. The second kappa shape index (κ2) is 5.38. The van der Waals surface area contributed by atoms with Gasteiger partial charge in [-0.15, -0.1) is 0 Å². The zero-order valence-electron chi connectivity index (χ0n) is 10.7. The molecule has 1 saturated heterocycles. The molecule has 1 aromatic heterocycles. The lowest BCUT2D eigenvalue weighted by Crippen LogP contribution is -2.39. The highest BCUT2D eigenvalue weighted by Gasteiger charge is 2.34. The van der Waals surface area contributed by atoms with Gasteiger partial charge in [-0.05, 0) is 25.3 Å². The zero-order valence-corrected chi connectivity index (χ0v) is 10.7. The van der Waals surface area contributed by atoms with Crippen molar-refractivity contribution in [2.75, 3.05) is 19.6 Å². The van der Waals surface area contributed by atoms with E-state index in [1.807, 2.05) is 12.3 Å². The van der Waals surface area contributed by atoms with Crippen LogP contribution >= 0.6 is 0 Å². The monoisotopic (exact) mass is 250 g/mol. The zero-order chi connectivity index (χ0) is 12.4. The molecule has 2 unspecified atom stereocenters. The minimum Gasteiger partial charge on any atom is -0.390 e. The van der Waals surface area contributed by atoms with Crippen LogP contribution < -0.4 is 5.32 Å². The van der Waals surface area contributed by atoms with Gasteiger partial charge in [0.1, 0.15) is 0 Å². The number of nitrogens with one attached hydrogen (secondary N) is 1. The molecule has 2 heterocycles. The van der Waals surface area contributed by atoms with Crippen molar-refractivity contribution in [1.29, 1.82) is 0 Å². The van der Waals surface area contributed by atoms with Crippen molar-refractivity contribution in [2.45, 2.75) is 44.0 Å². The van der Waals surface area contributed by atoms with E-state index in [1.165, 1.54) is 25.8 Å². The van der Waals surface area contributed by atoms with Gasteiger partial charge < -0.3 is 10.4 Å². The minimum atomic E-state index is -0.361. The van der Waals surface area contributed by atoms with Gasteiger partial charge in [0.25, 0.3) is 0 Å². The molecule has 0 radical (unpaired) electrons. The molecule has 2 atom stereocenters. The standard InChI is InChI=1S/C13H22N4O/c18-13(10-17-6-1-5-15-17)8-14-11-4-7-16(9-11)12-2-3-12/h1,5-6,11-14,18H,2-4,7-10H2. The van der Waals surface area contributed by atoms with Crippen molar-refractivity contribution in [3.05, 3.63) is 18.5 Å². The molecule has 1 aliphatic heterocycles. The third-order valence-corrected chi connectivity index (χ3v) is 3.88. The smallest absolute Gasteiger partial charge is 0.0860 e. The van der Waals surface area contributed by atoms with Gasteiger partial charge >= 0.3 is 0 Å². The number of aliphatic hydroxyl groups excluding tert-OH is 1.